The zero-order valence-corrected chi connectivity index (χ0v) is 11.2. The van der Waals surface area contributed by atoms with Crippen molar-refractivity contribution in [1.82, 2.24) is 9.36 Å². The number of nitrogens with zero attached hydrogens (tertiary/aromatic N) is 3. The summed E-state index contributed by atoms with van der Waals surface area (Å²) >= 11 is 1.55. The van der Waals surface area contributed by atoms with Crippen LogP contribution >= 0.6 is 11.5 Å². The first-order chi connectivity index (χ1) is 8.83. The van der Waals surface area contributed by atoms with Crippen molar-refractivity contribution in [3.05, 3.63) is 35.7 Å². The molecule has 4 heteroatoms. The fraction of sp³-hybridized carbons (Fsp3) is 0.429. The quantitative estimate of drug-likeness (QED) is 0.824. The maximum atomic E-state index is 4.74. The Morgan fingerprint density at radius 2 is 2.11 bits per heavy atom. The second-order valence-corrected chi connectivity index (χ2v) is 5.99. The molecule has 1 aliphatic heterocycles. The number of anilines is 2. The Morgan fingerprint density at radius 1 is 1.28 bits per heavy atom. The minimum atomic E-state index is 0.488. The van der Waals surface area contributed by atoms with E-state index in [1.165, 1.54) is 24.1 Å². The molecule has 2 aromatic rings. The van der Waals surface area contributed by atoms with Crippen molar-refractivity contribution in [3.63, 3.8) is 0 Å². The highest BCUT2D eigenvalue weighted by molar-refractivity contribution is 7.09. The molecule has 1 aromatic heterocycles. The van der Waals surface area contributed by atoms with E-state index in [2.05, 4.69) is 40.5 Å². The van der Waals surface area contributed by atoms with Gasteiger partial charge in [-0.1, -0.05) is 18.2 Å². The van der Waals surface area contributed by atoms with E-state index in [1.807, 2.05) is 0 Å². The molecule has 1 aromatic carbocycles. The van der Waals surface area contributed by atoms with Gasteiger partial charge in [-0.25, -0.2) is 4.98 Å². The van der Waals surface area contributed by atoms with Crippen LogP contribution in [0.3, 0.4) is 0 Å². The maximum Gasteiger partial charge on any atom is 0.209 e. The second-order valence-electron chi connectivity index (χ2n) is 5.26. The van der Waals surface area contributed by atoms with E-state index in [4.69, 9.17) is 4.98 Å². The SMILES string of the molecule is CC1Cc2ccccc2N1c1nc(C2CC2)ns1. The lowest BCUT2D eigenvalue weighted by molar-refractivity contribution is 0.754. The van der Waals surface area contributed by atoms with E-state index < -0.39 is 0 Å². The molecule has 0 spiro atoms. The van der Waals surface area contributed by atoms with E-state index >= 15 is 0 Å². The molecule has 3 nitrogen and oxygen atoms in total. The third kappa shape index (κ3) is 1.56. The lowest BCUT2D eigenvalue weighted by Gasteiger charge is -2.20. The van der Waals surface area contributed by atoms with Crippen molar-refractivity contribution in [2.75, 3.05) is 4.90 Å². The first kappa shape index (κ1) is 10.5. The number of para-hydroxylation sites is 1. The molecule has 92 valence electrons. The lowest BCUT2D eigenvalue weighted by atomic mass is 10.1. The molecule has 0 N–H and O–H groups in total. The molecule has 1 saturated carbocycles. The van der Waals surface area contributed by atoms with Crippen LogP contribution in [0, 0.1) is 0 Å². The fourth-order valence-corrected chi connectivity index (χ4v) is 3.55. The Morgan fingerprint density at radius 3 is 2.94 bits per heavy atom. The molecule has 18 heavy (non-hydrogen) atoms. The van der Waals surface area contributed by atoms with Crippen LogP contribution in [0.4, 0.5) is 10.8 Å². The minimum absolute atomic E-state index is 0.488. The van der Waals surface area contributed by atoms with Crippen molar-refractivity contribution in [2.24, 2.45) is 0 Å². The third-order valence-corrected chi connectivity index (χ3v) is 4.52. The molecular formula is C14H15N3S. The van der Waals surface area contributed by atoms with Crippen LogP contribution in [0.5, 0.6) is 0 Å². The van der Waals surface area contributed by atoms with Gasteiger partial charge in [0.25, 0.3) is 0 Å². The number of aromatic nitrogens is 2. The van der Waals surface area contributed by atoms with Gasteiger partial charge in [-0.3, -0.25) is 0 Å². The molecule has 1 atom stereocenters. The van der Waals surface area contributed by atoms with Crippen LogP contribution in [0.2, 0.25) is 0 Å². The van der Waals surface area contributed by atoms with Crippen LogP contribution in [0.15, 0.2) is 24.3 Å². The van der Waals surface area contributed by atoms with Crippen molar-refractivity contribution < 1.29 is 0 Å². The largest absolute Gasteiger partial charge is 0.313 e. The van der Waals surface area contributed by atoms with E-state index in [9.17, 15) is 0 Å². The van der Waals surface area contributed by atoms with Gasteiger partial charge in [0.15, 0.2) is 0 Å². The Labute approximate surface area is 111 Å². The minimum Gasteiger partial charge on any atom is -0.313 e. The third-order valence-electron chi connectivity index (χ3n) is 3.79. The van der Waals surface area contributed by atoms with E-state index in [0.29, 0.717) is 12.0 Å². The van der Waals surface area contributed by atoms with Gasteiger partial charge in [0.1, 0.15) is 5.82 Å². The smallest absolute Gasteiger partial charge is 0.209 e. The zero-order valence-electron chi connectivity index (χ0n) is 10.3. The van der Waals surface area contributed by atoms with E-state index in [-0.39, 0.29) is 0 Å². The monoisotopic (exact) mass is 257 g/mol. The van der Waals surface area contributed by atoms with Crippen molar-refractivity contribution in [2.45, 2.75) is 38.1 Å². The summed E-state index contributed by atoms with van der Waals surface area (Å²) in [6, 6.07) is 9.12. The molecule has 1 aliphatic carbocycles. The lowest BCUT2D eigenvalue weighted by Crippen LogP contribution is -2.23. The molecule has 0 amide bonds. The first-order valence-electron chi connectivity index (χ1n) is 6.53. The van der Waals surface area contributed by atoms with Crippen LogP contribution in [-0.4, -0.2) is 15.4 Å². The van der Waals surface area contributed by atoms with Gasteiger partial charge in [-0.05, 0) is 37.8 Å². The fourth-order valence-electron chi connectivity index (χ4n) is 2.69. The van der Waals surface area contributed by atoms with Crippen molar-refractivity contribution in [1.29, 1.82) is 0 Å². The van der Waals surface area contributed by atoms with Crippen LogP contribution < -0.4 is 4.90 Å². The highest BCUT2D eigenvalue weighted by Gasteiger charge is 2.32. The Balaban J connectivity index is 1.74. The summed E-state index contributed by atoms with van der Waals surface area (Å²) in [5.74, 6) is 1.70. The summed E-state index contributed by atoms with van der Waals surface area (Å²) in [6.07, 6.45) is 3.64. The normalized spacial score (nSPS) is 22.3. The number of hydrogen-bond donors (Lipinski definition) is 0. The Kier molecular flexibility index (Phi) is 2.21. The van der Waals surface area contributed by atoms with Crippen LogP contribution in [-0.2, 0) is 6.42 Å². The molecule has 1 unspecified atom stereocenters. The maximum absolute atomic E-state index is 4.74. The molecule has 0 radical (unpaired) electrons. The average molecular weight is 257 g/mol. The second kappa shape index (κ2) is 3.79. The van der Waals surface area contributed by atoms with Crippen molar-refractivity contribution >= 4 is 22.4 Å². The number of rotatable bonds is 2. The van der Waals surface area contributed by atoms with Gasteiger partial charge in [0, 0.05) is 29.2 Å². The van der Waals surface area contributed by atoms with Gasteiger partial charge in [-0.2, -0.15) is 4.37 Å². The molecular weight excluding hydrogens is 242 g/mol. The summed E-state index contributed by atoms with van der Waals surface area (Å²) in [7, 11) is 0. The molecule has 4 rings (SSSR count). The predicted molar refractivity (Wildman–Crippen MR) is 73.6 cm³/mol. The highest BCUT2D eigenvalue weighted by atomic mass is 32.1. The summed E-state index contributed by atoms with van der Waals surface area (Å²) in [5.41, 5.74) is 2.73. The average Bonchev–Trinajstić information content (AvgIpc) is 3.01. The van der Waals surface area contributed by atoms with Gasteiger partial charge >= 0.3 is 0 Å². The van der Waals surface area contributed by atoms with Gasteiger partial charge in [-0.15, -0.1) is 0 Å². The molecule has 1 fully saturated rings. The van der Waals surface area contributed by atoms with Crippen LogP contribution in [0.25, 0.3) is 0 Å². The number of hydrogen-bond acceptors (Lipinski definition) is 4. The molecule has 2 aliphatic rings. The Bertz CT molecular complexity index is 588. The van der Waals surface area contributed by atoms with Gasteiger partial charge in [0.05, 0.1) is 0 Å². The van der Waals surface area contributed by atoms with E-state index in [0.717, 1.165) is 17.4 Å². The molecule has 2 heterocycles. The highest BCUT2D eigenvalue weighted by Crippen LogP contribution is 2.43. The van der Waals surface area contributed by atoms with Crippen molar-refractivity contribution in [3.8, 4) is 0 Å². The molecule has 0 bridgehead atoms. The van der Waals surface area contributed by atoms with Crippen LogP contribution in [0.1, 0.15) is 37.1 Å². The van der Waals surface area contributed by atoms with Gasteiger partial charge < -0.3 is 4.90 Å². The zero-order chi connectivity index (χ0) is 12.1. The van der Waals surface area contributed by atoms with E-state index in [1.54, 1.807) is 11.5 Å². The predicted octanol–water partition coefficient (Wildman–Crippen LogP) is 3.50. The standard InChI is InChI=1S/C14H15N3S/c1-9-8-11-4-2-3-5-12(11)17(9)14-15-13(16-18-14)10-6-7-10/h2-5,9-10H,6-8H2,1H3. The summed E-state index contributed by atoms with van der Waals surface area (Å²) < 4.78 is 4.52. The summed E-state index contributed by atoms with van der Waals surface area (Å²) in [5, 5.41) is 1.06. The number of fused-ring (bicyclic) bond motifs is 1. The molecule has 0 saturated heterocycles. The summed E-state index contributed by atoms with van der Waals surface area (Å²) in [4.78, 5) is 7.08. The first-order valence-corrected chi connectivity index (χ1v) is 7.31. The summed E-state index contributed by atoms with van der Waals surface area (Å²) in [6.45, 7) is 2.26. The number of benzene rings is 1. The topological polar surface area (TPSA) is 29.0 Å². The Hall–Kier alpha value is -1.42. The van der Waals surface area contributed by atoms with Gasteiger partial charge in [0.2, 0.25) is 5.13 Å².